The average Bonchev–Trinajstić information content (AvgIpc) is 3.38. The smallest absolute Gasteiger partial charge is 0.249 e. The van der Waals surface area contributed by atoms with Crippen molar-refractivity contribution < 1.29 is 9.59 Å². The van der Waals surface area contributed by atoms with Crippen LogP contribution in [0.2, 0.25) is 0 Å². The predicted molar refractivity (Wildman–Crippen MR) is 160 cm³/mol. The first-order valence-corrected chi connectivity index (χ1v) is 14.5. The highest BCUT2D eigenvalue weighted by molar-refractivity contribution is 5.92. The number of fused-ring (bicyclic) bond motifs is 3. The van der Waals surface area contributed by atoms with Gasteiger partial charge >= 0.3 is 0 Å². The largest absolute Gasteiger partial charge is 0.357 e. The van der Waals surface area contributed by atoms with Gasteiger partial charge in [0.1, 0.15) is 6.04 Å². The lowest BCUT2D eigenvalue weighted by Gasteiger charge is -2.37. The van der Waals surface area contributed by atoms with Gasteiger partial charge in [-0.15, -0.1) is 0 Å². The fourth-order valence-electron chi connectivity index (χ4n) is 6.56. The third kappa shape index (κ3) is 5.16. The van der Waals surface area contributed by atoms with Gasteiger partial charge in [0.25, 0.3) is 0 Å². The lowest BCUT2D eigenvalue weighted by molar-refractivity contribution is -0.135. The van der Waals surface area contributed by atoms with Gasteiger partial charge in [-0.25, -0.2) is 0 Å². The van der Waals surface area contributed by atoms with Crippen LogP contribution < -0.4 is 10.6 Å². The minimum atomic E-state index is -0.758. The molecule has 40 heavy (non-hydrogen) atoms. The van der Waals surface area contributed by atoms with Crippen molar-refractivity contribution in [3.05, 3.63) is 95.7 Å². The number of rotatable bonds is 6. The van der Waals surface area contributed by atoms with Crippen LogP contribution in [0, 0.1) is 5.92 Å². The van der Waals surface area contributed by atoms with E-state index in [1.807, 2.05) is 42.5 Å². The van der Waals surface area contributed by atoms with Crippen molar-refractivity contribution in [3.8, 4) is 11.1 Å². The molecule has 1 fully saturated rings. The Morgan fingerprint density at radius 2 is 1.52 bits per heavy atom. The van der Waals surface area contributed by atoms with E-state index in [2.05, 4.69) is 52.0 Å². The van der Waals surface area contributed by atoms with Crippen molar-refractivity contribution in [3.63, 3.8) is 0 Å². The molecular weight excluding hydrogens is 496 g/mol. The van der Waals surface area contributed by atoms with Gasteiger partial charge in [0.05, 0.1) is 12.1 Å². The number of hydrogen-bond acceptors (Lipinski definition) is 3. The molecule has 3 aromatic carbocycles. The summed E-state index contributed by atoms with van der Waals surface area (Å²) in [5, 5.41) is 8.05. The number of amides is 2. The molecule has 0 spiro atoms. The highest BCUT2D eigenvalue weighted by Crippen LogP contribution is 2.40. The quantitative estimate of drug-likeness (QED) is 0.288. The Morgan fingerprint density at radius 3 is 2.25 bits per heavy atom. The van der Waals surface area contributed by atoms with E-state index in [0.29, 0.717) is 12.3 Å². The van der Waals surface area contributed by atoms with E-state index < -0.39 is 12.1 Å². The molecule has 2 amide bonds. The summed E-state index contributed by atoms with van der Waals surface area (Å²) in [6.45, 7) is 0. The van der Waals surface area contributed by atoms with E-state index >= 15 is 0 Å². The number of aromatic nitrogens is 1. The number of benzene rings is 3. The van der Waals surface area contributed by atoms with Crippen LogP contribution in [-0.4, -0.2) is 41.8 Å². The van der Waals surface area contributed by atoms with E-state index in [9.17, 15) is 9.59 Å². The Kier molecular flexibility index (Phi) is 7.44. The summed E-state index contributed by atoms with van der Waals surface area (Å²) in [5.74, 6) is 0.207. The molecule has 2 aliphatic rings. The summed E-state index contributed by atoms with van der Waals surface area (Å²) >= 11 is 0. The zero-order valence-corrected chi connectivity index (χ0v) is 23.3. The number of nitrogens with zero attached hydrogens (tertiary/aromatic N) is 1. The van der Waals surface area contributed by atoms with E-state index in [0.717, 1.165) is 35.0 Å². The highest BCUT2D eigenvalue weighted by Gasteiger charge is 2.38. The number of likely N-dealkylation sites (N-methyl/N-ethyl adjacent to an activating group) is 1. The van der Waals surface area contributed by atoms with Crippen LogP contribution in [0.4, 0.5) is 0 Å². The maximum atomic E-state index is 13.9. The number of para-hydroxylation sites is 1. The molecule has 2 heterocycles. The van der Waals surface area contributed by atoms with Gasteiger partial charge in [0.15, 0.2) is 0 Å². The Bertz CT molecular complexity index is 1490. The molecule has 1 saturated carbocycles. The predicted octanol–water partition coefficient (Wildman–Crippen LogP) is 5.92. The van der Waals surface area contributed by atoms with E-state index in [1.165, 1.54) is 35.9 Å². The van der Waals surface area contributed by atoms with Crippen LogP contribution in [0.15, 0.2) is 78.9 Å². The van der Waals surface area contributed by atoms with Crippen molar-refractivity contribution >= 4 is 22.7 Å². The Labute approximate surface area is 236 Å². The van der Waals surface area contributed by atoms with Crippen molar-refractivity contribution in [2.75, 3.05) is 14.1 Å². The molecule has 1 aromatic heterocycles. The standard InChI is InChI=1S/C34H38N4O2/c1-38(2)34(40)31(25-19-17-23(18-20-25)22-11-5-3-6-12-22)37-33(39)29-21-27-26-15-9-10-16-28(26)35-32(27)30(36-29)24-13-7-4-8-14-24/h3,5-6,9-12,15-20,24,29-31,35-36H,4,7-8,13-14,21H2,1-2H3,(H,37,39)/t29-,30-,31?/m1/s1. The molecule has 0 bridgehead atoms. The highest BCUT2D eigenvalue weighted by atomic mass is 16.2. The third-order valence-corrected chi connectivity index (χ3v) is 8.71. The lowest BCUT2D eigenvalue weighted by atomic mass is 9.79. The number of H-pyrrole nitrogens is 1. The molecule has 0 radical (unpaired) electrons. The molecule has 1 aliphatic carbocycles. The van der Waals surface area contributed by atoms with Crippen molar-refractivity contribution in [1.29, 1.82) is 0 Å². The molecule has 3 N–H and O–H groups in total. The molecular formula is C34H38N4O2. The number of carbonyl (C=O) groups excluding carboxylic acids is 2. The maximum absolute atomic E-state index is 13.9. The zero-order valence-electron chi connectivity index (χ0n) is 23.3. The molecule has 1 aliphatic heterocycles. The molecule has 6 heteroatoms. The normalized spacial score (nSPS) is 20.1. The molecule has 0 saturated heterocycles. The number of hydrogen-bond donors (Lipinski definition) is 3. The number of nitrogens with one attached hydrogen (secondary N) is 3. The fraction of sp³-hybridized carbons (Fsp3) is 0.353. The monoisotopic (exact) mass is 534 g/mol. The molecule has 206 valence electrons. The molecule has 1 unspecified atom stereocenters. The van der Waals surface area contributed by atoms with Crippen molar-refractivity contribution in [1.82, 2.24) is 20.5 Å². The second-order valence-corrected chi connectivity index (χ2v) is 11.5. The van der Waals surface area contributed by atoms with Gasteiger partial charge in [-0.1, -0.05) is 92.1 Å². The first-order chi connectivity index (χ1) is 19.5. The Morgan fingerprint density at radius 1 is 0.850 bits per heavy atom. The summed E-state index contributed by atoms with van der Waals surface area (Å²) < 4.78 is 0. The van der Waals surface area contributed by atoms with Crippen molar-refractivity contribution in [2.24, 2.45) is 5.92 Å². The van der Waals surface area contributed by atoms with Crippen LogP contribution in [0.1, 0.15) is 61.0 Å². The van der Waals surface area contributed by atoms with Crippen LogP contribution in [0.5, 0.6) is 0 Å². The number of aromatic amines is 1. The van der Waals surface area contributed by atoms with Gasteiger partial charge in [0, 0.05) is 30.7 Å². The Balaban J connectivity index is 1.28. The van der Waals surface area contributed by atoms with Crippen LogP contribution in [0.3, 0.4) is 0 Å². The minimum Gasteiger partial charge on any atom is -0.357 e. The summed E-state index contributed by atoms with van der Waals surface area (Å²) in [4.78, 5) is 32.5. The topological polar surface area (TPSA) is 77.2 Å². The second kappa shape index (κ2) is 11.3. The van der Waals surface area contributed by atoms with Crippen LogP contribution in [-0.2, 0) is 16.0 Å². The summed E-state index contributed by atoms with van der Waals surface area (Å²) in [5.41, 5.74) is 6.54. The van der Waals surface area contributed by atoms with Crippen LogP contribution in [0.25, 0.3) is 22.0 Å². The minimum absolute atomic E-state index is 0.0976. The van der Waals surface area contributed by atoms with Crippen molar-refractivity contribution in [2.45, 2.75) is 56.7 Å². The summed E-state index contributed by atoms with van der Waals surface area (Å²) in [6, 6.07) is 25.4. The molecule has 3 atom stereocenters. The van der Waals surface area contributed by atoms with E-state index in [1.54, 1.807) is 19.0 Å². The second-order valence-electron chi connectivity index (χ2n) is 11.5. The summed E-state index contributed by atoms with van der Waals surface area (Å²) in [7, 11) is 3.46. The van der Waals surface area contributed by atoms with Gasteiger partial charge in [0.2, 0.25) is 11.8 Å². The first kappa shape index (κ1) is 26.3. The third-order valence-electron chi connectivity index (χ3n) is 8.71. The Hall–Kier alpha value is -3.90. The van der Waals surface area contributed by atoms with Gasteiger partial charge in [-0.2, -0.15) is 0 Å². The number of carbonyl (C=O) groups is 2. The SMILES string of the molecule is CN(C)C(=O)C(NC(=O)[C@H]1Cc2c([nH]c3ccccc23)[C@@H](C2CCCCC2)N1)c1ccc(-c2ccccc2)cc1. The van der Waals surface area contributed by atoms with Gasteiger partial charge in [-0.3, -0.25) is 14.9 Å². The molecule has 6 rings (SSSR count). The summed E-state index contributed by atoms with van der Waals surface area (Å²) in [6.07, 6.45) is 6.66. The zero-order chi connectivity index (χ0) is 27.6. The molecule has 4 aromatic rings. The molecule has 6 nitrogen and oxygen atoms in total. The first-order valence-electron chi connectivity index (χ1n) is 14.5. The van der Waals surface area contributed by atoms with Gasteiger partial charge in [-0.05, 0) is 53.5 Å². The fourth-order valence-corrected chi connectivity index (χ4v) is 6.56. The average molecular weight is 535 g/mol. The lowest BCUT2D eigenvalue weighted by Crippen LogP contribution is -2.53. The van der Waals surface area contributed by atoms with Crippen LogP contribution >= 0.6 is 0 Å². The van der Waals surface area contributed by atoms with E-state index in [4.69, 9.17) is 0 Å². The van der Waals surface area contributed by atoms with Gasteiger partial charge < -0.3 is 15.2 Å². The van der Waals surface area contributed by atoms with E-state index in [-0.39, 0.29) is 17.9 Å². The maximum Gasteiger partial charge on any atom is 0.249 e.